The van der Waals surface area contributed by atoms with Crippen molar-refractivity contribution in [3.63, 3.8) is 0 Å². The monoisotopic (exact) mass is 797 g/mol. The van der Waals surface area contributed by atoms with Gasteiger partial charge in [0, 0.05) is 13.2 Å². The first-order chi connectivity index (χ1) is 24.2. The molecule has 2 nitrogen and oxygen atoms in total. The fraction of sp³-hybridized carbons (Fsp3) is 0.556. The molecule has 0 unspecified atom stereocenters. The molecular weight excluding hydrogens is 730 g/mol. The molecule has 0 heterocycles. The van der Waals surface area contributed by atoms with Crippen LogP contribution in [0.1, 0.15) is 141 Å². The number of aryl methyl sites for hydroxylation is 1. The molecule has 0 saturated carbocycles. The molecule has 270 valence electrons. The summed E-state index contributed by atoms with van der Waals surface area (Å²) >= 11 is 2.75. The fourth-order valence-corrected chi connectivity index (χ4v) is 11.9. The maximum Gasteiger partial charge on any atom is 0.173 e. The van der Waals surface area contributed by atoms with Crippen molar-refractivity contribution >= 4 is 42.9 Å². The summed E-state index contributed by atoms with van der Waals surface area (Å²) in [6.45, 7) is 6.26. The number of hydrogen-bond acceptors (Lipinski definition) is 2. The van der Waals surface area contributed by atoms with E-state index in [0.717, 1.165) is 32.5 Å². The van der Waals surface area contributed by atoms with Crippen LogP contribution in [0.3, 0.4) is 0 Å². The summed E-state index contributed by atoms with van der Waals surface area (Å²) in [7, 11) is 0. The van der Waals surface area contributed by atoms with E-state index in [-0.39, 0.29) is 6.29 Å². The third-order valence-corrected chi connectivity index (χ3v) is 17.5. The Morgan fingerprint density at radius 3 is 1.49 bits per heavy atom. The number of ether oxygens (including phenoxy) is 2. The van der Waals surface area contributed by atoms with Gasteiger partial charge < -0.3 is 9.47 Å². The highest BCUT2D eigenvalue weighted by Gasteiger charge is 2.43. The van der Waals surface area contributed by atoms with Gasteiger partial charge in [-0.2, -0.15) is 0 Å². The minimum absolute atomic E-state index is 0.0114. The van der Waals surface area contributed by atoms with Crippen LogP contribution in [0.4, 0.5) is 0 Å². The van der Waals surface area contributed by atoms with E-state index in [2.05, 4.69) is 133 Å². The van der Waals surface area contributed by atoms with E-state index in [1.165, 1.54) is 131 Å². The minimum Gasteiger partial charge on any atom is -0.353 e. The third kappa shape index (κ3) is 17.0. The van der Waals surface area contributed by atoms with Crippen LogP contribution in [0.5, 0.6) is 0 Å². The SMILES string of the molecule is CCCCCCCCOC(CCCCC/C=C/CCCc1ccc([P+](I)(c2ccccc2)c2ccccc2)cc1)OCCCCCCCC. The highest BCUT2D eigenvalue weighted by molar-refractivity contribution is 14.2. The average Bonchev–Trinajstić information content (AvgIpc) is 3.15. The highest BCUT2D eigenvalue weighted by Crippen LogP contribution is 2.63. The van der Waals surface area contributed by atoms with E-state index >= 15 is 0 Å². The van der Waals surface area contributed by atoms with E-state index in [4.69, 9.17) is 9.47 Å². The number of unbranched alkanes of at least 4 members (excludes halogenated alkanes) is 14. The Balaban J connectivity index is 1.32. The molecule has 3 aromatic rings. The summed E-state index contributed by atoms with van der Waals surface area (Å²) in [6, 6.07) is 31.6. The zero-order valence-corrected chi connectivity index (χ0v) is 34.1. The highest BCUT2D eigenvalue weighted by atomic mass is 127. The zero-order valence-electron chi connectivity index (χ0n) is 31.0. The molecule has 0 N–H and O–H groups in total. The number of allylic oxidation sites excluding steroid dienone is 2. The van der Waals surface area contributed by atoms with Gasteiger partial charge in [0.25, 0.3) is 0 Å². The van der Waals surface area contributed by atoms with Gasteiger partial charge in [-0.25, -0.2) is 0 Å². The molecular formula is C45H67IO2P+. The summed E-state index contributed by atoms with van der Waals surface area (Å²) in [5.41, 5.74) is 1.44. The van der Waals surface area contributed by atoms with Crippen LogP contribution in [0.2, 0.25) is 0 Å². The van der Waals surface area contributed by atoms with E-state index in [0.29, 0.717) is 0 Å². The van der Waals surface area contributed by atoms with Gasteiger partial charge in [-0.05, 0) is 99.7 Å². The Kier molecular flexibility index (Phi) is 23.2. The molecule has 0 radical (unpaired) electrons. The summed E-state index contributed by atoms with van der Waals surface area (Å²) in [4.78, 5) is -1.68. The van der Waals surface area contributed by atoms with E-state index in [1.54, 1.807) is 0 Å². The maximum absolute atomic E-state index is 6.23. The predicted molar refractivity (Wildman–Crippen MR) is 227 cm³/mol. The average molecular weight is 798 g/mol. The molecule has 0 aliphatic heterocycles. The largest absolute Gasteiger partial charge is 0.353 e. The predicted octanol–water partition coefficient (Wildman–Crippen LogP) is 13.2. The molecule has 0 fully saturated rings. The van der Waals surface area contributed by atoms with E-state index in [1.807, 2.05) is 0 Å². The van der Waals surface area contributed by atoms with Gasteiger partial charge in [-0.3, -0.25) is 0 Å². The summed E-state index contributed by atoms with van der Waals surface area (Å²) in [6.07, 6.45) is 29.8. The van der Waals surface area contributed by atoms with E-state index in [9.17, 15) is 0 Å². The quantitative estimate of drug-likeness (QED) is 0.0229. The molecule has 0 aliphatic carbocycles. The molecule has 0 saturated heterocycles. The smallest absolute Gasteiger partial charge is 0.173 e. The molecule has 0 bridgehead atoms. The van der Waals surface area contributed by atoms with Crippen LogP contribution in [0.25, 0.3) is 0 Å². The van der Waals surface area contributed by atoms with Crippen LogP contribution >= 0.6 is 26.9 Å². The second-order valence-corrected chi connectivity index (χ2v) is 20.7. The Hall–Kier alpha value is -1.52. The topological polar surface area (TPSA) is 18.5 Å². The fourth-order valence-electron chi connectivity index (χ4n) is 6.40. The molecule has 0 aliphatic rings. The second kappa shape index (κ2) is 27.2. The Bertz CT molecular complexity index is 1160. The number of rotatable bonds is 29. The van der Waals surface area contributed by atoms with Crippen LogP contribution in [0.15, 0.2) is 97.1 Å². The summed E-state index contributed by atoms with van der Waals surface area (Å²) in [5, 5.41) is 4.29. The van der Waals surface area contributed by atoms with Crippen molar-refractivity contribution in [3.05, 3.63) is 103 Å². The van der Waals surface area contributed by atoms with Gasteiger partial charge in [0.1, 0.15) is 15.9 Å². The molecule has 3 aromatic carbocycles. The lowest BCUT2D eigenvalue weighted by Gasteiger charge is -2.20. The third-order valence-electron chi connectivity index (χ3n) is 9.43. The van der Waals surface area contributed by atoms with Gasteiger partial charge in [0.2, 0.25) is 0 Å². The van der Waals surface area contributed by atoms with Crippen LogP contribution in [0, 0.1) is 0 Å². The van der Waals surface area contributed by atoms with Crippen molar-refractivity contribution in [2.75, 3.05) is 13.2 Å². The van der Waals surface area contributed by atoms with Crippen molar-refractivity contribution in [2.24, 2.45) is 0 Å². The molecule has 0 aromatic heterocycles. The summed E-state index contributed by atoms with van der Waals surface area (Å²) < 4.78 is 12.5. The van der Waals surface area contributed by atoms with Gasteiger partial charge in [-0.15, -0.1) is 0 Å². The molecule has 4 heteroatoms. The van der Waals surface area contributed by atoms with Crippen molar-refractivity contribution in [3.8, 4) is 0 Å². The van der Waals surface area contributed by atoms with Crippen molar-refractivity contribution in [1.82, 2.24) is 0 Å². The summed E-state index contributed by atoms with van der Waals surface area (Å²) in [5.74, 6) is 0. The molecule has 0 atom stereocenters. The Morgan fingerprint density at radius 1 is 0.510 bits per heavy atom. The first kappa shape index (κ1) is 41.9. The first-order valence-electron chi connectivity index (χ1n) is 19.9. The van der Waals surface area contributed by atoms with Crippen molar-refractivity contribution < 1.29 is 9.47 Å². The molecule has 3 rings (SSSR count). The lowest BCUT2D eigenvalue weighted by Crippen LogP contribution is -2.26. The van der Waals surface area contributed by atoms with Gasteiger partial charge in [0.15, 0.2) is 33.2 Å². The molecule has 0 amide bonds. The van der Waals surface area contributed by atoms with Crippen molar-refractivity contribution in [2.45, 2.75) is 149 Å². The second-order valence-electron chi connectivity index (χ2n) is 13.6. The van der Waals surface area contributed by atoms with Crippen LogP contribution in [-0.2, 0) is 15.9 Å². The number of hydrogen-bond donors (Lipinski definition) is 0. The molecule has 0 spiro atoms. The number of halogens is 1. The van der Waals surface area contributed by atoms with Crippen LogP contribution < -0.4 is 15.9 Å². The minimum atomic E-state index is -1.68. The van der Waals surface area contributed by atoms with E-state index < -0.39 is 4.90 Å². The Morgan fingerprint density at radius 2 is 0.959 bits per heavy atom. The standard InChI is InChI=1S/C45H67IO2P/c1-3-5-7-9-17-27-39-47-45(48-40-28-18-10-8-6-4-2)34-26-16-14-12-11-13-15-21-29-41-35-37-44(38-36-41)49(46,42-30-22-19-23-31-42)43-32-24-20-25-33-43/h11,13,19-20,22-25,30-33,35-38,45H,3-10,12,14-18,21,26-29,34,39-40H2,1-2H3/q+1/b13-11+. The molecule has 49 heavy (non-hydrogen) atoms. The van der Waals surface area contributed by atoms with Gasteiger partial charge in [-0.1, -0.05) is 145 Å². The van der Waals surface area contributed by atoms with Crippen molar-refractivity contribution in [1.29, 1.82) is 0 Å². The van der Waals surface area contributed by atoms with Gasteiger partial charge in [0.05, 0.1) is 0 Å². The van der Waals surface area contributed by atoms with Gasteiger partial charge >= 0.3 is 0 Å². The Labute approximate surface area is 315 Å². The van der Waals surface area contributed by atoms with Crippen LogP contribution in [-0.4, -0.2) is 19.5 Å². The first-order valence-corrected chi connectivity index (χ1v) is 24.4. The maximum atomic E-state index is 6.23. The lowest BCUT2D eigenvalue weighted by molar-refractivity contribution is -0.148. The number of benzene rings is 3. The lowest BCUT2D eigenvalue weighted by atomic mass is 10.1. The normalized spacial score (nSPS) is 12.0. The zero-order chi connectivity index (χ0) is 34.7.